The Hall–Kier alpha value is -2.96. The van der Waals surface area contributed by atoms with Crippen LogP contribution in [-0.4, -0.2) is 30.6 Å². The van der Waals surface area contributed by atoms with E-state index in [9.17, 15) is 18.4 Å². The molecule has 5 nitrogen and oxygen atoms in total. The van der Waals surface area contributed by atoms with Crippen LogP contribution in [0.25, 0.3) is 0 Å². The fourth-order valence-electron chi connectivity index (χ4n) is 3.15. The Morgan fingerprint density at radius 2 is 1.78 bits per heavy atom. The van der Waals surface area contributed by atoms with Crippen LogP contribution in [0, 0.1) is 0 Å². The molecular weight excluding hydrogens is 356 g/mol. The number of amides is 1. The van der Waals surface area contributed by atoms with Crippen LogP contribution in [0.4, 0.5) is 14.5 Å². The van der Waals surface area contributed by atoms with Crippen molar-refractivity contribution in [1.29, 1.82) is 0 Å². The first-order chi connectivity index (χ1) is 12.9. The summed E-state index contributed by atoms with van der Waals surface area (Å²) in [6, 6.07) is 12.7. The Balaban J connectivity index is 1.67. The molecule has 142 valence electrons. The summed E-state index contributed by atoms with van der Waals surface area (Å²) in [4.78, 5) is 26.7. The van der Waals surface area contributed by atoms with E-state index in [1.807, 2.05) is 31.2 Å². The van der Waals surface area contributed by atoms with Gasteiger partial charge < -0.3 is 14.4 Å². The van der Waals surface area contributed by atoms with Crippen molar-refractivity contribution < 1.29 is 27.8 Å². The maximum absolute atomic E-state index is 12.8. The molecule has 0 bridgehead atoms. The first-order valence-corrected chi connectivity index (χ1v) is 8.53. The minimum absolute atomic E-state index is 0.0261. The molecule has 0 N–H and O–H groups in total. The number of alkyl halides is 2. The number of halogens is 2. The van der Waals surface area contributed by atoms with Gasteiger partial charge in [0.1, 0.15) is 5.75 Å². The van der Waals surface area contributed by atoms with Crippen LogP contribution in [0.5, 0.6) is 5.75 Å². The molecule has 0 saturated heterocycles. The van der Waals surface area contributed by atoms with Crippen molar-refractivity contribution in [3.63, 3.8) is 0 Å². The largest absolute Gasteiger partial charge is 0.449 e. The lowest BCUT2D eigenvalue weighted by Gasteiger charge is -2.25. The molecule has 1 aliphatic heterocycles. The van der Waals surface area contributed by atoms with Crippen LogP contribution in [0.3, 0.4) is 0 Å². The van der Waals surface area contributed by atoms with E-state index in [-0.39, 0.29) is 23.3 Å². The van der Waals surface area contributed by atoms with Crippen molar-refractivity contribution in [1.82, 2.24) is 0 Å². The molecule has 0 radical (unpaired) electrons. The van der Waals surface area contributed by atoms with Gasteiger partial charge in [-0.05, 0) is 56.2 Å². The van der Waals surface area contributed by atoms with E-state index in [0.717, 1.165) is 17.7 Å². The van der Waals surface area contributed by atoms with Gasteiger partial charge in [0.15, 0.2) is 6.10 Å². The predicted octanol–water partition coefficient (Wildman–Crippen LogP) is 3.81. The molecule has 1 aliphatic rings. The molecule has 2 atom stereocenters. The summed E-state index contributed by atoms with van der Waals surface area (Å²) in [5.74, 6) is -1.08. The zero-order valence-electron chi connectivity index (χ0n) is 14.9. The van der Waals surface area contributed by atoms with Crippen LogP contribution in [0.2, 0.25) is 0 Å². The lowest BCUT2D eigenvalue weighted by molar-refractivity contribution is -0.126. The van der Waals surface area contributed by atoms with Gasteiger partial charge >= 0.3 is 12.6 Å². The fourth-order valence-corrected chi connectivity index (χ4v) is 3.15. The number of hydrogen-bond acceptors (Lipinski definition) is 4. The zero-order chi connectivity index (χ0) is 19.6. The average molecular weight is 375 g/mol. The van der Waals surface area contributed by atoms with Crippen LogP contribution >= 0.6 is 0 Å². The van der Waals surface area contributed by atoms with E-state index in [1.165, 1.54) is 31.2 Å². The van der Waals surface area contributed by atoms with Crippen LogP contribution < -0.4 is 9.64 Å². The minimum Gasteiger partial charge on any atom is -0.449 e. The average Bonchev–Trinajstić information content (AvgIpc) is 2.96. The highest BCUT2D eigenvalue weighted by atomic mass is 19.3. The number of hydrogen-bond donors (Lipinski definition) is 0. The smallest absolute Gasteiger partial charge is 0.387 e. The maximum atomic E-state index is 12.8. The summed E-state index contributed by atoms with van der Waals surface area (Å²) in [6.45, 7) is 0.516. The standard InChI is InChI=1S/C20H19F2NO4/c1-12-11-15-5-3-4-6-17(15)23(12)18(24)13(2)26-19(25)14-7-9-16(10-8-14)27-20(21)22/h3-10,12-13,20H,11H2,1-2H3/t12-,13-/m0/s1. The monoisotopic (exact) mass is 375 g/mol. The molecule has 2 aromatic carbocycles. The van der Waals surface area contributed by atoms with E-state index >= 15 is 0 Å². The maximum Gasteiger partial charge on any atom is 0.387 e. The predicted molar refractivity (Wildman–Crippen MR) is 95.0 cm³/mol. The number of fused-ring (bicyclic) bond motifs is 1. The molecule has 0 aromatic heterocycles. The molecule has 3 rings (SSSR count). The second kappa shape index (κ2) is 7.73. The number of esters is 1. The van der Waals surface area contributed by atoms with Gasteiger partial charge in [-0.1, -0.05) is 18.2 Å². The molecule has 0 fully saturated rings. The summed E-state index contributed by atoms with van der Waals surface area (Å²) in [5, 5.41) is 0. The van der Waals surface area contributed by atoms with Gasteiger partial charge in [-0.25, -0.2) is 4.79 Å². The topological polar surface area (TPSA) is 55.8 Å². The van der Waals surface area contributed by atoms with Crippen LogP contribution in [0.15, 0.2) is 48.5 Å². The molecule has 1 heterocycles. The molecule has 7 heteroatoms. The summed E-state index contributed by atoms with van der Waals surface area (Å²) >= 11 is 0. The number of nitrogens with zero attached hydrogens (tertiary/aromatic N) is 1. The summed E-state index contributed by atoms with van der Waals surface area (Å²) in [6.07, 6.45) is -0.239. The van der Waals surface area contributed by atoms with Gasteiger partial charge in [-0.15, -0.1) is 0 Å². The number of anilines is 1. The van der Waals surface area contributed by atoms with Gasteiger partial charge in [0.2, 0.25) is 0 Å². The Morgan fingerprint density at radius 3 is 2.44 bits per heavy atom. The number of ether oxygens (including phenoxy) is 2. The normalized spacial score (nSPS) is 16.8. The third-order valence-corrected chi connectivity index (χ3v) is 4.39. The van der Waals surface area contributed by atoms with E-state index in [2.05, 4.69) is 4.74 Å². The van der Waals surface area contributed by atoms with E-state index < -0.39 is 18.7 Å². The first kappa shape index (κ1) is 18.8. The Morgan fingerprint density at radius 1 is 1.11 bits per heavy atom. The van der Waals surface area contributed by atoms with Crippen LogP contribution in [0.1, 0.15) is 29.8 Å². The second-order valence-electron chi connectivity index (χ2n) is 6.34. The number of rotatable bonds is 5. The molecule has 0 aliphatic carbocycles. The molecule has 1 amide bonds. The number of benzene rings is 2. The van der Waals surface area contributed by atoms with Crippen molar-refractivity contribution in [2.45, 2.75) is 39.0 Å². The number of carbonyl (C=O) groups excluding carboxylic acids is 2. The number of para-hydroxylation sites is 1. The summed E-state index contributed by atoms with van der Waals surface area (Å²) in [5.41, 5.74) is 2.05. The molecular formula is C20H19F2NO4. The summed E-state index contributed by atoms with van der Waals surface area (Å²) in [7, 11) is 0. The molecule has 0 saturated carbocycles. The lowest BCUT2D eigenvalue weighted by Crippen LogP contribution is -2.43. The first-order valence-electron chi connectivity index (χ1n) is 8.53. The fraction of sp³-hybridized carbons (Fsp3) is 0.300. The Bertz CT molecular complexity index is 838. The quantitative estimate of drug-likeness (QED) is 0.746. The van der Waals surface area contributed by atoms with E-state index in [1.54, 1.807) is 4.90 Å². The van der Waals surface area contributed by atoms with Gasteiger partial charge in [0, 0.05) is 11.7 Å². The zero-order valence-corrected chi connectivity index (χ0v) is 14.9. The third-order valence-electron chi connectivity index (χ3n) is 4.39. The SMILES string of the molecule is C[C@H](OC(=O)c1ccc(OC(F)F)cc1)C(=O)N1c2ccccc2C[C@@H]1C. The lowest BCUT2D eigenvalue weighted by atomic mass is 10.1. The van der Waals surface area contributed by atoms with Crippen molar-refractivity contribution in [2.75, 3.05) is 4.90 Å². The van der Waals surface area contributed by atoms with Gasteiger partial charge in [-0.3, -0.25) is 4.79 Å². The number of carbonyl (C=O) groups is 2. The highest BCUT2D eigenvalue weighted by Gasteiger charge is 2.34. The molecule has 0 spiro atoms. The third kappa shape index (κ3) is 4.07. The highest BCUT2D eigenvalue weighted by molar-refractivity contribution is 6.00. The highest BCUT2D eigenvalue weighted by Crippen LogP contribution is 2.32. The van der Waals surface area contributed by atoms with Crippen LogP contribution in [-0.2, 0) is 16.0 Å². The van der Waals surface area contributed by atoms with E-state index in [0.29, 0.717) is 0 Å². The molecule has 27 heavy (non-hydrogen) atoms. The Labute approximate surface area is 155 Å². The minimum atomic E-state index is -2.94. The molecule has 0 unspecified atom stereocenters. The Kier molecular flexibility index (Phi) is 5.39. The van der Waals surface area contributed by atoms with Gasteiger partial charge in [0.25, 0.3) is 5.91 Å². The van der Waals surface area contributed by atoms with Crippen molar-refractivity contribution in [2.24, 2.45) is 0 Å². The van der Waals surface area contributed by atoms with Gasteiger partial charge in [-0.2, -0.15) is 8.78 Å². The van der Waals surface area contributed by atoms with Crippen molar-refractivity contribution in [3.8, 4) is 5.75 Å². The van der Waals surface area contributed by atoms with Gasteiger partial charge in [0.05, 0.1) is 5.56 Å². The second-order valence-corrected chi connectivity index (χ2v) is 6.34. The van der Waals surface area contributed by atoms with E-state index in [4.69, 9.17) is 4.74 Å². The molecule has 2 aromatic rings. The van der Waals surface area contributed by atoms with Crippen molar-refractivity contribution >= 4 is 17.6 Å². The van der Waals surface area contributed by atoms with Crippen molar-refractivity contribution in [3.05, 3.63) is 59.7 Å². The summed E-state index contributed by atoms with van der Waals surface area (Å²) < 4.78 is 33.8.